The topological polar surface area (TPSA) is 107 Å². The molecule has 0 saturated carbocycles. The van der Waals surface area contributed by atoms with Crippen molar-refractivity contribution in [2.45, 2.75) is 39.0 Å². The van der Waals surface area contributed by atoms with Crippen LogP contribution in [0.3, 0.4) is 0 Å². The summed E-state index contributed by atoms with van der Waals surface area (Å²) >= 11 is 0. The third-order valence-electron chi connectivity index (χ3n) is 5.09. The molecule has 0 spiro atoms. The smallest absolute Gasteiger partial charge is 0.339 e. The van der Waals surface area contributed by atoms with Crippen molar-refractivity contribution < 1.29 is 30.0 Å². The van der Waals surface area contributed by atoms with Crippen LogP contribution in [-0.4, -0.2) is 33.0 Å². The predicted octanol–water partition coefficient (Wildman–Crippen LogP) is 5.01. The molecule has 0 fully saturated rings. The van der Waals surface area contributed by atoms with Crippen LogP contribution in [-0.2, 0) is 12.8 Å². The number of hydrogen-bond acceptors (Lipinski definition) is 5. The first-order valence-corrected chi connectivity index (χ1v) is 10.1. The monoisotopic (exact) mass is 410 g/mol. The first-order chi connectivity index (χ1) is 14.4. The summed E-state index contributed by atoms with van der Waals surface area (Å²) in [5.74, 6) is -1.10. The summed E-state index contributed by atoms with van der Waals surface area (Å²) in [5, 5.41) is 40.4. The molecule has 3 rings (SSSR count). The number of benzene rings is 3. The van der Waals surface area contributed by atoms with Crippen molar-refractivity contribution in [1.82, 2.24) is 0 Å². The summed E-state index contributed by atoms with van der Waals surface area (Å²) in [6.45, 7) is 2.42. The number of fused-ring (bicyclic) bond motifs is 1. The number of aromatic hydroxyl groups is 3. The van der Waals surface area contributed by atoms with Gasteiger partial charge >= 0.3 is 5.97 Å². The number of unbranched alkanes of at least 4 members (excludes halogenated alkanes) is 1. The maximum atomic E-state index is 11.2. The lowest BCUT2D eigenvalue weighted by Crippen LogP contribution is -2.04. The minimum atomic E-state index is -1.16. The van der Waals surface area contributed by atoms with Crippen molar-refractivity contribution in [3.8, 4) is 23.0 Å². The van der Waals surface area contributed by atoms with E-state index < -0.39 is 5.97 Å². The van der Waals surface area contributed by atoms with E-state index >= 15 is 0 Å². The zero-order chi connectivity index (χ0) is 21.7. The normalized spacial score (nSPS) is 11.0. The zero-order valence-corrected chi connectivity index (χ0v) is 16.9. The van der Waals surface area contributed by atoms with E-state index in [1.54, 1.807) is 18.2 Å². The van der Waals surface area contributed by atoms with Crippen LogP contribution in [0.2, 0.25) is 0 Å². The Bertz CT molecular complexity index is 1060. The molecule has 3 aromatic carbocycles. The van der Waals surface area contributed by atoms with Gasteiger partial charge in [-0.15, -0.1) is 0 Å². The standard InChI is InChI=1S/C24H26O6/c1-2-5-18-22(10-9-19(23(18)27)24(28)29)30-11-4-3-6-15-7-8-16-13-20(25)21(26)14-17(16)12-15/h7-10,12-14,25-27H,2-6,11H2,1H3,(H,28,29). The van der Waals surface area contributed by atoms with Crippen LogP contribution in [0.15, 0.2) is 42.5 Å². The number of phenols is 3. The highest BCUT2D eigenvalue weighted by Crippen LogP contribution is 2.33. The second-order valence-corrected chi connectivity index (χ2v) is 7.32. The van der Waals surface area contributed by atoms with Gasteiger partial charge in [0.05, 0.1) is 6.61 Å². The molecular formula is C24H26O6. The predicted molar refractivity (Wildman–Crippen MR) is 115 cm³/mol. The Kier molecular flexibility index (Phi) is 6.67. The second kappa shape index (κ2) is 9.39. The summed E-state index contributed by atoms with van der Waals surface area (Å²) in [7, 11) is 0. The van der Waals surface area contributed by atoms with Gasteiger partial charge in [-0.2, -0.15) is 0 Å². The summed E-state index contributed by atoms with van der Waals surface area (Å²) in [6, 6.07) is 12.0. The molecule has 0 aromatic heterocycles. The van der Waals surface area contributed by atoms with Crippen molar-refractivity contribution in [2.75, 3.05) is 6.61 Å². The Morgan fingerprint density at radius 2 is 1.63 bits per heavy atom. The molecule has 0 aliphatic heterocycles. The number of aryl methyl sites for hydroxylation is 1. The van der Waals surface area contributed by atoms with E-state index in [9.17, 15) is 25.2 Å². The van der Waals surface area contributed by atoms with Gasteiger partial charge in [-0.05, 0) is 66.3 Å². The summed E-state index contributed by atoms with van der Waals surface area (Å²) in [4.78, 5) is 11.2. The van der Waals surface area contributed by atoms with Crippen LogP contribution in [0.1, 0.15) is 47.7 Å². The molecule has 0 heterocycles. The van der Waals surface area contributed by atoms with Crippen LogP contribution < -0.4 is 4.74 Å². The van der Waals surface area contributed by atoms with Gasteiger partial charge in [0.25, 0.3) is 0 Å². The van der Waals surface area contributed by atoms with Gasteiger partial charge in [-0.3, -0.25) is 0 Å². The molecule has 0 radical (unpaired) electrons. The molecular weight excluding hydrogens is 384 g/mol. The van der Waals surface area contributed by atoms with Crippen LogP contribution in [0.25, 0.3) is 10.8 Å². The van der Waals surface area contributed by atoms with E-state index in [2.05, 4.69) is 0 Å². The fourth-order valence-electron chi connectivity index (χ4n) is 3.51. The van der Waals surface area contributed by atoms with Gasteiger partial charge in [0.15, 0.2) is 11.5 Å². The highest BCUT2D eigenvalue weighted by molar-refractivity contribution is 5.91. The van der Waals surface area contributed by atoms with E-state index in [0.717, 1.165) is 42.0 Å². The number of carboxylic acids is 1. The largest absolute Gasteiger partial charge is 0.507 e. The third kappa shape index (κ3) is 4.76. The number of aromatic carboxylic acids is 1. The SMILES string of the molecule is CCCc1c(OCCCCc2ccc3cc(O)c(O)cc3c2)ccc(C(=O)O)c1O. The molecule has 4 N–H and O–H groups in total. The van der Waals surface area contributed by atoms with E-state index in [0.29, 0.717) is 24.3 Å². The van der Waals surface area contributed by atoms with Crippen molar-refractivity contribution >= 4 is 16.7 Å². The molecule has 3 aromatic rings. The van der Waals surface area contributed by atoms with Gasteiger partial charge in [-0.1, -0.05) is 31.5 Å². The van der Waals surface area contributed by atoms with E-state index in [1.807, 2.05) is 25.1 Å². The summed E-state index contributed by atoms with van der Waals surface area (Å²) in [5.41, 5.74) is 1.55. The van der Waals surface area contributed by atoms with Crippen molar-refractivity contribution in [3.63, 3.8) is 0 Å². The first-order valence-electron chi connectivity index (χ1n) is 10.1. The molecule has 0 aliphatic rings. The second-order valence-electron chi connectivity index (χ2n) is 7.32. The number of carboxylic acid groups (broad SMARTS) is 1. The Balaban J connectivity index is 1.57. The molecule has 0 unspecified atom stereocenters. The molecule has 0 amide bonds. The fraction of sp³-hybridized carbons (Fsp3) is 0.292. The zero-order valence-electron chi connectivity index (χ0n) is 16.9. The van der Waals surface area contributed by atoms with Gasteiger partial charge < -0.3 is 25.2 Å². The average Bonchev–Trinajstić information content (AvgIpc) is 2.71. The van der Waals surface area contributed by atoms with Crippen molar-refractivity contribution in [1.29, 1.82) is 0 Å². The van der Waals surface area contributed by atoms with Crippen molar-refractivity contribution in [3.05, 3.63) is 59.2 Å². The maximum Gasteiger partial charge on any atom is 0.339 e. The molecule has 0 saturated heterocycles. The Morgan fingerprint density at radius 3 is 2.33 bits per heavy atom. The number of ether oxygens (including phenoxy) is 1. The van der Waals surface area contributed by atoms with E-state index in [1.165, 1.54) is 6.07 Å². The van der Waals surface area contributed by atoms with Crippen LogP contribution in [0.5, 0.6) is 23.0 Å². The Hall–Kier alpha value is -3.41. The van der Waals surface area contributed by atoms with E-state index in [-0.39, 0.29) is 22.8 Å². The average molecular weight is 410 g/mol. The highest BCUT2D eigenvalue weighted by atomic mass is 16.5. The summed E-state index contributed by atoms with van der Waals surface area (Å²) in [6.07, 6.45) is 3.83. The molecule has 0 bridgehead atoms. The number of rotatable bonds is 9. The fourth-order valence-corrected chi connectivity index (χ4v) is 3.51. The Morgan fingerprint density at radius 1 is 0.900 bits per heavy atom. The molecule has 6 nitrogen and oxygen atoms in total. The Labute approximate surface area is 175 Å². The minimum absolute atomic E-state index is 0.110. The molecule has 6 heteroatoms. The van der Waals surface area contributed by atoms with E-state index in [4.69, 9.17) is 4.74 Å². The lowest BCUT2D eigenvalue weighted by atomic mass is 10.0. The lowest BCUT2D eigenvalue weighted by molar-refractivity contribution is 0.0693. The highest BCUT2D eigenvalue weighted by Gasteiger charge is 2.17. The number of phenolic OH excluding ortho intramolecular Hbond substituents is 2. The van der Waals surface area contributed by atoms with Crippen molar-refractivity contribution in [2.24, 2.45) is 0 Å². The van der Waals surface area contributed by atoms with Crippen LogP contribution >= 0.6 is 0 Å². The molecule has 0 atom stereocenters. The van der Waals surface area contributed by atoms with Gasteiger partial charge in [0.2, 0.25) is 0 Å². The van der Waals surface area contributed by atoms with Gasteiger partial charge in [0, 0.05) is 5.56 Å². The van der Waals surface area contributed by atoms with Crippen LogP contribution in [0.4, 0.5) is 0 Å². The quantitative estimate of drug-likeness (QED) is 0.292. The van der Waals surface area contributed by atoms with Gasteiger partial charge in [-0.25, -0.2) is 4.79 Å². The lowest BCUT2D eigenvalue weighted by Gasteiger charge is -2.14. The number of hydrogen-bond donors (Lipinski definition) is 4. The first kappa shape index (κ1) is 21.3. The minimum Gasteiger partial charge on any atom is -0.507 e. The summed E-state index contributed by atoms with van der Waals surface area (Å²) < 4.78 is 5.83. The molecule has 158 valence electrons. The molecule has 0 aliphatic carbocycles. The van der Waals surface area contributed by atoms with Gasteiger partial charge in [0.1, 0.15) is 17.1 Å². The molecule has 30 heavy (non-hydrogen) atoms. The maximum absolute atomic E-state index is 11.2. The number of carbonyl (C=O) groups is 1. The third-order valence-corrected chi connectivity index (χ3v) is 5.09. The van der Waals surface area contributed by atoms with Crippen LogP contribution in [0, 0.1) is 0 Å².